The molecule has 0 unspecified atom stereocenters. The molecule has 0 amide bonds. The highest BCUT2D eigenvalue weighted by Gasteiger charge is 2.05. The summed E-state index contributed by atoms with van der Waals surface area (Å²) in [7, 11) is 1.68. The van der Waals surface area contributed by atoms with Crippen LogP contribution in [0.25, 0.3) is 0 Å². The first-order chi connectivity index (χ1) is 11.7. The average molecular weight is 463 g/mol. The maximum Gasteiger partial charge on any atom is 0.191 e. The van der Waals surface area contributed by atoms with Crippen LogP contribution in [0.2, 0.25) is 0 Å². The number of benzene rings is 1. The number of nitrogens with zero attached hydrogens (tertiary/aromatic N) is 1. The molecule has 0 aliphatic rings. The third-order valence-electron chi connectivity index (χ3n) is 3.59. The summed E-state index contributed by atoms with van der Waals surface area (Å²) < 4.78 is 10.9. The highest BCUT2D eigenvalue weighted by molar-refractivity contribution is 14.0. The Labute approximate surface area is 170 Å². The van der Waals surface area contributed by atoms with E-state index in [1.54, 1.807) is 7.11 Å². The first-order valence-electron chi connectivity index (χ1n) is 8.94. The number of halogens is 1. The fourth-order valence-corrected chi connectivity index (χ4v) is 2.25. The van der Waals surface area contributed by atoms with Gasteiger partial charge in [0.1, 0.15) is 12.4 Å². The van der Waals surface area contributed by atoms with E-state index in [0.717, 1.165) is 36.8 Å². The molecule has 0 saturated heterocycles. The van der Waals surface area contributed by atoms with Crippen LogP contribution in [0, 0.1) is 6.92 Å². The molecule has 1 aromatic rings. The Hall–Kier alpha value is -1.02. The molecule has 0 spiro atoms. The maximum absolute atomic E-state index is 5.83. The topological polar surface area (TPSA) is 54.9 Å². The van der Waals surface area contributed by atoms with Crippen molar-refractivity contribution in [3.63, 3.8) is 0 Å². The van der Waals surface area contributed by atoms with Crippen molar-refractivity contribution in [2.45, 2.75) is 46.6 Å². The Kier molecular flexibility index (Phi) is 14.6. The molecule has 0 aromatic heterocycles. The smallest absolute Gasteiger partial charge is 0.191 e. The average Bonchev–Trinajstić information content (AvgIpc) is 2.58. The molecular weight excluding hydrogens is 429 g/mol. The number of nitrogens with one attached hydrogen (secondary N) is 2. The molecule has 6 heteroatoms. The van der Waals surface area contributed by atoms with Crippen molar-refractivity contribution in [2.75, 3.05) is 33.4 Å². The molecule has 25 heavy (non-hydrogen) atoms. The van der Waals surface area contributed by atoms with Gasteiger partial charge in [0.15, 0.2) is 5.96 Å². The second kappa shape index (κ2) is 15.3. The van der Waals surface area contributed by atoms with E-state index >= 15 is 0 Å². The van der Waals surface area contributed by atoms with Crippen molar-refractivity contribution in [1.29, 1.82) is 0 Å². The highest BCUT2D eigenvalue weighted by atomic mass is 127. The van der Waals surface area contributed by atoms with Gasteiger partial charge in [-0.05, 0) is 31.9 Å². The maximum atomic E-state index is 5.83. The van der Waals surface area contributed by atoms with E-state index in [1.165, 1.54) is 18.4 Å². The molecule has 0 fully saturated rings. The van der Waals surface area contributed by atoms with Crippen LogP contribution in [0.4, 0.5) is 0 Å². The normalized spacial score (nSPS) is 11.0. The zero-order chi connectivity index (χ0) is 17.6. The minimum atomic E-state index is 0. The SMILES string of the molecule is CCCCCNC(=NCc1ccc(C)cc1OCCOC)NCC.I. The van der Waals surface area contributed by atoms with Crippen molar-refractivity contribution in [3.05, 3.63) is 29.3 Å². The van der Waals surface area contributed by atoms with Crippen molar-refractivity contribution < 1.29 is 9.47 Å². The van der Waals surface area contributed by atoms with Crippen LogP contribution in [-0.2, 0) is 11.3 Å². The molecule has 0 heterocycles. The number of aliphatic imine (C=N–C) groups is 1. The van der Waals surface area contributed by atoms with Crippen molar-refractivity contribution in [1.82, 2.24) is 10.6 Å². The first kappa shape index (κ1) is 24.0. The van der Waals surface area contributed by atoms with Gasteiger partial charge >= 0.3 is 0 Å². The van der Waals surface area contributed by atoms with Crippen LogP contribution in [0.15, 0.2) is 23.2 Å². The lowest BCUT2D eigenvalue weighted by Gasteiger charge is -2.13. The molecule has 2 N–H and O–H groups in total. The lowest BCUT2D eigenvalue weighted by molar-refractivity contribution is 0.145. The Bertz CT molecular complexity index is 496. The molecule has 0 aliphatic carbocycles. The van der Waals surface area contributed by atoms with Gasteiger partial charge < -0.3 is 20.1 Å². The number of unbranched alkanes of at least 4 members (excludes halogenated alkanes) is 2. The number of hydrogen-bond donors (Lipinski definition) is 2. The second-order valence-electron chi connectivity index (χ2n) is 5.78. The molecule has 0 atom stereocenters. The molecule has 0 radical (unpaired) electrons. The van der Waals surface area contributed by atoms with Gasteiger partial charge in [0.2, 0.25) is 0 Å². The standard InChI is InChI=1S/C19H33N3O2.HI/c1-5-7-8-11-21-19(20-6-2)22-15-17-10-9-16(3)14-18(17)24-13-12-23-4;/h9-10,14H,5-8,11-13,15H2,1-4H3,(H2,20,21,22);1H. The number of ether oxygens (including phenoxy) is 2. The van der Waals surface area contributed by atoms with Gasteiger partial charge in [-0.2, -0.15) is 0 Å². The summed E-state index contributed by atoms with van der Waals surface area (Å²) in [4.78, 5) is 4.68. The molecular formula is C19H34IN3O2. The Morgan fingerprint density at radius 1 is 1.12 bits per heavy atom. The highest BCUT2D eigenvalue weighted by Crippen LogP contribution is 2.21. The predicted molar refractivity (Wildman–Crippen MR) is 116 cm³/mol. The number of rotatable bonds is 11. The lowest BCUT2D eigenvalue weighted by atomic mass is 10.1. The van der Waals surface area contributed by atoms with Gasteiger partial charge in [-0.25, -0.2) is 4.99 Å². The van der Waals surface area contributed by atoms with Crippen LogP contribution in [0.5, 0.6) is 5.75 Å². The number of methoxy groups -OCH3 is 1. The van der Waals surface area contributed by atoms with Gasteiger partial charge in [-0.1, -0.05) is 31.9 Å². The van der Waals surface area contributed by atoms with E-state index in [0.29, 0.717) is 19.8 Å². The number of aryl methyl sites for hydroxylation is 1. The van der Waals surface area contributed by atoms with E-state index in [2.05, 4.69) is 54.6 Å². The number of guanidine groups is 1. The third kappa shape index (κ3) is 10.5. The summed E-state index contributed by atoms with van der Waals surface area (Å²) in [6.45, 7) is 9.87. The summed E-state index contributed by atoms with van der Waals surface area (Å²) in [5.74, 6) is 1.75. The van der Waals surface area contributed by atoms with Crippen LogP contribution in [0.3, 0.4) is 0 Å². The molecule has 5 nitrogen and oxygen atoms in total. The van der Waals surface area contributed by atoms with Gasteiger partial charge in [-0.15, -0.1) is 24.0 Å². The van der Waals surface area contributed by atoms with Gasteiger partial charge in [0, 0.05) is 25.8 Å². The Morgan fingerprint density at radius 2 is 1.92 bits per heavy atom. The largest absolute Gasteiger partial charge is 0.491 e. The molecule has 0 bridgehead atoms. The summed E-state index contributed by atoms with van der Waals surface area (Å²) in [5, 5.41) is 6.68. The Morgan fingerprint density at radius 3 is 2.60 bits per heavy atom. The molecule has 1 aromatic carbocycles. The zero-order valence-corrected chi connectivity index (χ0v) is 18.4. The Balaban J connectivity index is 0.00000576. The van der Waals surface area contributed by atoms with Crippen LogP contribution in [0.1, 0.15) is 44.2 Å². The van der Waals surface area contributed by atoms with E-state index < -0.39 is 0 Å². The van der Waals surface area contributed by atoms with Gasteiger partial charge in [-0.3, -0.25) is 0 Å². The van der Waals surface area contributed by atoms with Crippen molar-refractivity contribution in [3.8, 4) is 5.75 Å². The summed E-state index contributed by atoms with van der Waals surface area (Å²) in [6, 6.07) is 6.24. The van der Waals surface area contributed by atoms with Crippen LogP contribution >= 0.6 is 24.0 Å². The second-order valence-corrected chi connectivity index (χ2v) is 5.78. The molecule has 1 rings (SSSR count). The molecule has 0 aliphatic heterocycles. The fourth-order valence-electron chi connectivity index (χ4n) is 2.25. The summed E-state index contributed by atoms with van der Waals surface area (Å²) >= 11 is 0. The molecule has 144 valence electrons. The van der Waals surface area contributed by atoms with Gasteiger partial charge in [0.05, 0.1) is 13.2 Å². The number of hydrogen-bond acceptors (Lipinski definition) is 3. The van der Waals surface area contributed by atoms with Gasteiger partial charge in [0.25, 0.3) is 0 Å². The van der Waals surface area contributed by atoms with Crippen molar-refractivity contribution in [2.24, 2.45) is 4.99 Å². The third-order valence-corrected chi connectivity index (χ3v) is 3.59. The zero-order valence-electron chi connectivity index (χ0n) is 16.1. The quantitative estimate of drug-likeness (QED) is 0.226. The van der Waals surface area contributed by atoms with E-state index in [4.69, 9.17) is 9.47 Å². The first-order valence-corrected chi connectivity index (χ1v) is 8.94. The minimum absolute atomic E-state index is 0. The van der Waals surface area contributed by atoms with E-state index in [1.807, 2.05) is 0 Å². The fraction of sp³-hybridized carbons (Fsp3) is 0.632. The van der Waals surface area contributed by atoms with E-state index in [9.17, 15) is 0 Å². The van der Waals surface area contributed by atoms with E-state index in [-0.39, 0.29) is 24.0 Å². The predicted octanol–water partition coefficient (Wildman–Crippen LogP) is 3.88. The van der Waals surface area contributed by atoms with Crippen LogP contribution in [-0.4, -0.2) is 39.4 Å². The minimum Gasteiger partial charge on any atom is -0.491 e. The van der Waals surface area contributed by atoms with Crippen molar-refractivity contribution >= 4 is 29.9 Å². The lowest BCUT2D eigenvalue weighted by Crippen LogP contribution is -2.37. The monoisotopic (exact) mass is 463 g/mol. The van der Waals surface area contributed by atoms with Crippen LogP contribution < -0.4 is 15.4 Å². The summed E-state index contributed by atoms with van der Waals surface area (Å²) in [5.41, 5.74) is 2.27. The summed E-state index contributed by atoms with van der Waals surface area (Å²) in [6.07, 6.45) is 3.62. The molecule has 0 saturated carbocycles.